The first kappa shape index (κ1) is 13.3. The third-order valence-electron chi connectivity index (χ3n) is 4.10. The Balaban J connectivity index is 1.71. The molecule has 2 atom stereocenters. The Morgan fingerprint density at radius 3 is 2.70 bits per heavy atom. The highest BCUT2D eigenvalue weighted by Crippen LogP contribution is 2.30. The summed E-state index contributed by atoms with van der Waals surface area (Å²) < 4.78 is 5.43. The predicted molar refractivity (Wildman–Crippen MR) is 77.5 cm³/mol. The van der Waals surface area contributed by atoms with Gasteiger partial charge < -0.3 is 10.3 Å². The molecule has 1 fully saturated rings. The molecule has 2 aromatic rings. The molecule has 3 rings (SSSR count). The average Bonchev–Trinajstić information content (AvgIpc) is 2.90. The molecule has 1 aliphatic rings. The standard InChI is InChI=1S/C16H21N3O/c1-11-6-8-12(9-7-11)10-15-18-16(20-19-15)13-4-2-3-5-14(13)17/h6-9,13-14H,2-5,10,17H2,1H3. The maximum absolute atomic E-state index is 6.16. The summed E-state index contributed by atoms with van der Waals surface area (Å²) in [6.45, 7) is 2.08. The number of hydrogen-bond donors (Lipinski definition) is 1. The van der Waals surface area contributed by atoms with Gasteiger partial charge in [-0.05, 0) is 25.3 Å². The van der Waals surface area contributed by atoms with E-state index < -0.39 is 0 Å². The van der Waals surface area contributed by atoms with Crippen LogP contribution < -0.4 is 5.73 Å². The predicted octanol–water partition coefficient (Wildman–Crippen LogP) is 2.95. The van der Waals surface area contributed by atoms with Crippen molar-refractivity contribution >= 4 is 0 Å². The van der Waals surface area contributed by atoms with Crippen molar-refractivity contribution < 1.29 is 4.52 Å². The van der Waals surface area contributed by atoms with Crippen molar-refractivity contribution in [2.45, 2.75) is 51.0 Å². The Bertz CT molecular complexity index is 561. The number of hydrogen-bond acceptors (Lipinski definition) is 4. The summed E-state index contributed by atoms with van der Waals surface area (Å²) >= 11 is 0. The molecule has 2 unspecified atom stereocenters. The van der Waals surface area contributed by atoms with Crippen LogP contribution in [0.15, 0.2) is 28.8 Å². The van der Waals surface area contributed by atoms with Gasteiger partial charge in [0.05, 0.1) is 5.92 Å². The van der Waals surface area contributed by atoms with Crippen molar-refractivity contribution in [2.75, 3.05) is 0 Å². The molecule has 106 valence electrons. The molecular weight excluding hydrogens is 250 g/mol. The van der Waals surface area contributed by atoms with E-state index in [0.717, 1.165) is 24.6 Å². The molecule has 1 saturated carbocycles. The second kappa shape index (κ2) is 5.75. The van der Waals surface area contributed by atoms with Crippen LogP contribution in [0.3, 0.4) is 0 Å². The number of nitrogens with zero attached hydrogens (tertiary/aromatic N) is 2. The van der Waals surface area contributed by atoms with E-state index in [2.05, 4.69) is 41.3 Å². The molecule has 1 aromatic carbocycles. The highest BCUT2D eigenvalue weighted by molar-refractivity contribution is 5.23. The molecule has 2 N–H and O–H groups in total. The van der Waals surface area contributed by atoms with Crippen LogP contribution >= 0.6 is 0 Å². The minimum absolute atomic E-state index is 0.163. The van der Waals surface area contributed by atoms with Crippen LogP contribution in [0.5, 0.6) is 0 Å². The lowest BCUT2D eigenvalue weighted by atomic mass is 9.85. The van der Waals surface area contributed by atoms with Crippen LogP contribution in [0.25, 0.3) is 0 Å². The fraction of sp³-hybridized carbons (Fsp3) is 0.500. The van der Waals surface area contributed by atoms with Crippen LogP contribution in [-0.2, 0) is 6.42 Å². The van der Waals surface area contributed by atoms with Crippen molar-refractivity contribution in [3.05, 3.63) is 47.1 Å². The Labute approximate surface area is 119 Å². The minimum Gasteiger partial charge on any atom is -0.339 e. The quantitative estimate of drug-likeness (QED) is 0.932. The molecule has 4 nitrogen and oxygen atoms in total. The van der Waals surface area contributed by atoms with Crippen LogP contribution in [0.2, 0.25) is 0 Å². The van der Waals surface area contributed by atoms with E-state index in [9.17, 15) is 0 Å². The molecule has 0 bridgehead atoms. The van der Waals surface area contributed by atoms with E-state index in [0.29, 0.717) is 6.42 Å². The Morgan fingerprint density at radius 2 is 1.95 bits per heavy atom. The van der Waals surface area contributed by atoms with E-state index in [1.54, 1.807) is 0 Å². The molecule has 0 aliphatic heterocycles. The summed E-state index contributed by atoms with van der Waals surface area (Å²) in [5.74, 6) is 1.71. The second-order valence-corrected chi connectivity index (χ2v) is 5.77. The zero-order chi connectivity index (χ0) is 13.9. The third kappa shape index (κ3) is 2.90. The van der Waals surface area contributed by atoms with Crippen LogP contribution in [-0.4, -0.2) is 16.2 Å². The topological polar surface area (TPSA) is 64.9 Å². The first-order chi connectivity index (χ1) is 9.72. The summed E-state index contributed by atoms with van der Waals surface area (Å²) in [5.41, 5.74) is 8.63. The van der Waals surface area contributed by atoms with Crippen molar-refractivity contribution in [3.63, 3.8) is 0 Å². The van der Waals surface area contributed by atoms with E-state index in [4.69, 9.17) is 10.3 Å². The van der Waals surface area contributed by atoms with E-state index in [1.807, 2.05) is 0 Å². The molecule has 1 aromatic heterocycles. The third-order valence-corrected chi connectivity index (χ3v) is 4.10. The van der Waals surface area contributed by atoms with Crippen LogP contribution in [0.1, 0.15) is 54.4 Å². The Kier molecular flexibility index (Phi) is 3.83. The first-order valence-electron chi connectivity index (χ1n) is 7.36. The number of aromatic nitrogens is 2. The highest BCUT2D eigenvalue weighted by Gasteiger charge is 2.28. The van der Waals surface area contributed by atoms with Gasteiger partial charge in [-0.15, -0.1) is 0 Å². The van der Waals surface area contributed by atoms with Crippen molar-refractivity contribution in [2.24, 2.45) is 5.73 Å². The van der Waals surface area contributed by atoms with E-state index in [-0.39, 0.29) is 12.0 Å². The van der Waals surface area contributed by atoms with Crippen molar-refractivity contribution in [1.29, 1.82) is 0 Å². The summed E-state index contributed by atoms with van der Waals surface area (Å²) in [5, 5.41) is 4.10. The molecule has 1 aliphatic carbocycles. The van der Waals surface area contributed by atoms with Crippen molar-refractivity contribution in [1.82, 2.24) is 10.1 Å². The smallest absolute Gasteiger partial charge is 0.231 e. The summed E-state index contributed by atoms with van der Waals surface area (Å²) in [6.07, 6.45) is 5.25. The fourth-order valence-corrected chi connectivity index (χ4v) is 2.84. The number of rotatable bonds is 3. The zero-order valence-electron chi connectivity index (χ0n) is 11.9. The Hall–Kier alpha value is -1.68. The monoisotopic (exact) mass is 271 g/mol. The normalized spacial score (nSPS) is 22.9. The number of benzene rings is 1. The number of nitrogens with two attached hydrogens (primary N) is 1. The van der Waals surface area contributed by atoms with Gasteiger partial charge in [-0.1, -0.05) is 47.8 Å². The van der Waals surface area contributed by atoms with Gasteiger partial charge >= 0.3 is 0 Å². The summed E-state index contributed by atoms with van der Waals surface area (Å²) in [6, 6.07) is 8.59. The lowest BCUT2D eigenvalue weighted by Crippen LogP contribution is -2.31. The fourth-order valence-electron chi connectivity index (χ4n) is 2.84. The first-order valence-corrected chi connectivity index (χ1v) is 7.36. The van der Waals surface area contributed by atoms with Gasteiger partial charge in [0.2, 0.25) is 5.89 Å². The molecule has 20 heavy (non-hydrogen) atoms. The van der Waals surface area contributed by atoms with Gasteiger partial charge in [0, 0.05) is 12.5 Å². The summed E-state index contributed by atoms with van der Waals surface area (Å²) in [4.78, 5) is 4.54. The van der Waals surface area contributed by atoms with Gasteiger partial charge in [-0.25, -0.2) is 0 Å². The SMILES string of the molecule is Cc1ccc(Cc2noc(C3CCCCC3N)n2)cc1. The molecule has 1 heterocycles. The molecule has 4 heteroatoms. The van der Waals surface area contributed by atoms with Crippen molar-refractivity contribution in [3.8, 4) is 0 Å². The lowest BCUT2D eigenvalue weighted by Gasteiger charge is -2.25. The maximum Gasteiger partial charge on any atom is 0.231 e. The number of aryl methyl sites for hydroxylation is 1. The van der Waals surface area contributed by atoms with Gasteiger partial charge in [0.1, 0.15) is 0 Å². The molecule has 0 radical (unpaired) electrons. The van der Waals surface area contributed by atoms with Gasteiger partial charge in [-0.3, -0.25) is 0 Å². The minimum atomic E-state index is 0.163. The maximum atomic E-state index is 6.16. The van der Waals surface area contributed by atoms with Crippen LogP contribution in [0.4, 0.5) is 0 Å². The van der Waals surface area contributed by atoms with Gasteiger partial charge in [0.15, 0.2) is 5.82 Å². The van der Waals surface area contributed by atoms with Gasteiger partial charge in [0.25, 0.3) is 0 Å². The lowest BCUT2D eigenvalue weighted by molar-refractivity contribution is 0.289. The molecule has 0 spiro atoms. The van der Waals surface area contributed by atoms with E-state index in [1.165, 1.54) is 24.0 Å². The molecular formula is C16H21N3O. The second-order valence-electron chi connectivity index (χ2n) is 5.77. The van der Waals surface area contributed by atoms with E-state index >= 15 is 0 Å². The largest absolute Gasteiger partial charge is 0.339 e. The zero-order valence-corrected chi connectivity index (χ0v) is 11.9. The van der Waals surface area contributed by atoms with Gasteiger partial charge in [-0.2, -0.15) is 4.98 Å². The highest BCUT2D eigenvalue weighted by atomic mass is 16.5. The molecule has 0 amide bonds. The Morgan fingerprint density at radius 1 is 1.20 bits per heavy atom. The van der Waals surface area contributed by atoms with Crippen LogP contribution in [0, 0.1) is 6.92 Å². The average molecular weight is 271 g/mol. The molecule has 0 saturated heterocycles. The summed E-state index contributed by atoms with van der Waals surface area (Å²) in [7, 11) is 0.